The van der Waals surface area contributed by atoms with Crippen LogP contribution < -0.4 is 14.2 Å². The Morgan fingerprint density at radius 2 is 1.91 bits per heavy atom. The molecule has 166 valence electrons. The monoisotopic (exact) mass is 434 g/mol. The Hall–Kier alpha value is -3.05. The summed E-state index contributed by atoms with van der Waals surface area (Å²) >= 11 is 0. The van der Waals surface area contributed by atoms with Gasteiger partial charge >= 0.3 is 0 Å². The van der Waals surface area contributed by atoms with Crippen molar-refractivity contribution in [2.45, 2.75) is 45.1 Å². The highest BCUT2D eigenvalue weighted by Gasteiger charge is 2.32. The van der Waals surface area contributed by atoms with Crippen LogP contribution in [0.3, 0.4) is 0 Å². The fourth-order valence-electron chi connectivity index (χ4n) is 4.81. The van der Waals surface area contributed by atoms with E-state index in [1.54, 1.807) is 6.07 Å². The molecule has 1 aliphatic carbocycles. The van der Waals surface area contributed by atoms with Crippen LogP contribution in [-0.4, -0.2) is 18.3 Å². The Labute approximate surface area is 187 Å². The minimum Gasteiger partial charge on any atom is -0.493 e. The number of aryl methyl sites for hydroxylation is 2. The van der Waals surface area contributed by atoms with E-state index in [9.17, 15) is 9.50 Å². The van der Waals surface area contributed by atoms with Crippen molar-refractivity contribution in [1.82, 2.24) is 0 Å². The molecule has 3 aromatic carbocycles. The second-order valence-corrected chi connectivity index (χ2v) is 8.63. The van der Waals surface area contributed by atoms with Gasteiger partial charge in [0.2, 0.25) is 0 Å². The van der Waals surface area contributed by atoms with Gasteiger partial charge in [-0.05, 0) is 62.4 Å². The molecule has 0 amide bonds. The molecule has 2 aliphatic rings. The van der Waals surface area contributed by atoms with E-state index >= 15 is 0 Å². The highest BCUT2D eigenvalue weighted by atomic mass is 19.1. The van der Waals surface area contributed by atoms with E-state index < -0.39 is 0 Å². The molecule has 1 aliphatic heterocycles. The van der Waals surface area contributed by atoms with Gasteiger partial charge in [-0.15, -0.1) is 0 Å². The maximum absolute atomic E-state index is 14.9. The molecule has 0 spiro atoms. The number of halogens is 1. The normalized spacial score (nSPS) is 18.8. The van der Waals surface area contributed by atoms with Gasteiger partial charge in [0.1, 0.15) is 34.9 Å². The Morgan fingerprint density at radius 3 is 2.69 bits per heavy atom. The van der Waals surface area contributed by atoms with Gasteiger partial charge in [0.05, 0.1) is 6.61 Å². The third-order valence-electron chi connectivity index (χ3n) is 6.48. The Bertz CT molecular complexity index is 1140. The molecule has 0 aromatic heterocycles. The van der Waals surface area contributed by atoms with E-state index in [2.05, 4.69) is 0 Å². The molecule has 5 heteroatoms. The van der Waals surface area contributed by atoms with E-state index in [0.717, 1.165) is 33.8 Å². The molecule has 5 rings (SSSR count). The van der Waals surface area contributed by atoms with E-state index in [0.29, 0.717) is 42.9 Å². The summed E-state index contributed by atoms with van der Waals surface area (Å²) in [5.41, 5.74) is 4.64. The van der Waals surface area contributed by atoms with E-state index in [1.807, 2.05) is 50.2 Å². The molecule has 0 saturated heterocycles. The van der Waals surface area contributed by atoms with E-state index in [4.69, 9.17) is 14.2 Å². The van der Waals surface area contributed by atoms with Crippen LogP contribution >= 0.6 is 0 Å². The molecule has 2 unspecified atom stereocenters. The van der Waals surface area contributed by atoms with Gasteiger partial charge in [-0.2, -0.15) is 0 Å². The van der Waals surface area contributed by atoms with Crippen LogP contribution in [0.15, 0.2) is 48.5 Å². The van der Waals surface area contributed by atoms with Gasteiger partial charge in [0.15, 0.2) is 0 Å². The minimum absolute atomic E-state index is 0.135. The number of hydrogen-bond donors (Lipinski definition) is 1. The second-order valence-electron chi connectivity index (χ2n) is 8.63. The summed E-state index contributed by atoms with van der Waals surface area (Å²) in [5.74, 6) is 2.89. The van der Waals surface area contributed by atoms with Crippen LogP contribution in [0.25, 0.3) is 0 Å². The van der Waals surface area contributed by atoms with Crippen LogP contribution in [0.1, 0.15) is 52.7 Å². The molecular weight excluding hydrogens is 407 g/mol. The summed E-state index contributed by atoms with van der Waals surface area (Å²) in [6, 6.07) is 15.0. The maximum atomic E-state index is 14.9. The molecule has 2 atom stereocenters. The predicted octanol–water partition coefficient (Wildman–Crippen LogP) is 6.16. The number of aliphatic hydroxyl groups excluding tert-OH is 1. The molecule has 4 nitrogen and oxygen atoms in total. The number of hydrogen-bond acceptors (Lipinski definition) is 4. The van der Waals surface area contributed by atoms with Crippen LogP contribution in [0.4, 0.5) is 4.39 Å². The largest absolute Gasteiger partial charge is 0.493 e. The lowest BCUT2D eigenvalue weighted by Gasteiger charge is -2.18. The van der Waals surface area contributed by atoms with Crippen molar-refractivity contribution in [2.75, 3.05) is 13.2 Å². The molecular formula is C27H27FO4. The lowest BCUT2D eigenvalue weighted by molar-refractivity contribution is 0.202. The van der Waals surface area contributed by atoms with Gasteiger partial charge < -0.3 is 19.3 Å². The molecule has 0 saturated carbocycles. The summed E-state index contributed by atoms with van der Waals surface area (Å²) in [6.07, 6.45) is 1.68. The number of fused-ring (bicyclic) bond motifs is 2. The topological polar surface area (TPSA) is 47.9 Å². The zero-order chi connectivity index (χ0) is 22.2. The molecule has 0 bridgehead atoms. The maximum Gasteiger partial charge on any atom is 0.133 e. The summed E-state index contributed by atoms with van der Waals surface area (Å²) < 4.78 is 33.2. The number of rotatable bonds is 6. The molecule has 3 aromatic rings. The average molecular weight is 435 g/mol. The van der Waals surface area contributed by atoms with Crippen molar-refractivity contribution < 1.29 is 23.7 Å². The number of benzene rings is 3. The zero-order valence-corrected chi connectivity index (χ0v) is 18.4. The fraction of sp³-hybridized carbons (Fsp3) is 0.333. The van der Waals surface area contributed by atoms with Crippen LogP contribution in [0.2, 0.25) is 0 Å². The SMILES string of the molecule is Cc1cccc(C)c1Oc1ccc(F)c2c1CCC2Oc1ccc2c(c1)OCC2CCO. The van der Waals surface area contributed by atoms with Gasteiger partial charge in [-0.3, -0.25) is 0 Å². The Balaban J connectivity index is 1.40. The molecule has 1 N–H and O–H groups in total. The first kappa shape index (κ1) is 20.8. The van der Waals surface area contributed by atoms with Gasteiger partial charge in [0, 0.05) is 35.3 Å². The zero-order valence-electron chi connectivity index (χ0n) is 18.4. The molecule has 0 fully saturated rings. The van der Waals surface area contributed by atoms with Crippen molar-refractivity contribution in [3.8, 4) is 23.0 Å². The highest BCUT2D eigenvalue weighted by Crippen LogP contribution is 2.44. The van der Waals surface area contributed by atoms with Crippen molar-refractivity contribution in [1.29, 1.82) is 0 Å². The second kappa shape index (κ2) is 8.47. The summed E-state index contributed by atoms with van der Waals surface area (Å²) in [5, 5.41) is 9.24. The molecule has 1 heterocycles. The third kappa shape index (κ3) is 3.71. The van der Waals surface area contributed by atoms with Gasteiger partial charge in [-0.1, -0.05) is 24.3 Å². The van der Waals surface area contributed by atoms with Gasteiger partial charge in [-0.25, -0.2) is 4.39 Å². The lowest BCUT2D eigenvalue weighted by Crippen LogP contribution is -2.06. The van der Waals surface area contributed by atoms with Crippen molar-refractivity contribution in [3.63, 3.8) is 0 Å². The Morgan fingerprint density at radius 1 is 1.09 bits per heavy atom. The van der Waals surface area contributed by atoms with Crippen LogP contribution in [0.5, 0.6) is 23.0 Å². The van der Waals surface area contributed by atoms with Gasteiger partial charge in [0.25, 0.3) is 0 Å². The van der Waals surface area contributed by atoms with E-state index in [-0.39, 0.29) is 24.4 Å². The van der Waals surface area contributed by atoms with E-state index in [1.165, 1.54) is 6.07 Å². The van der Waals surface area contributed by atoms with Crippen molar-refractivity contribution in [3.05, 3.63) is 82.2 Å². The lowest BCUT2D eigenvalue weighted by atomic mass is 9.98. The summed E-state index contributed by atoms with van der Waals surface area (Å²) in [7, 11) is 0. The quantitative estimate of drug-likeness (QED) is 0.505. The first-order valence-electron chi connectivity index (χ1n) is 11.1. The number of ether oxygens (including phenoxy) is 3. The van der Waals surface area contributed by atoms with Crippen molar-refractivity contribution in [2.24, 2.45) is 0 Å². The average Bonchev–Trinajstić information content (AvgIpc) is 3.38. The first-order chi connectivity index (χ1) is 15.5. The van der Waals surface area contributed by atoms with Crippen LogP contribution in [-0.2, 0) is 6.42 Å². The first-order valence-corrected chi connectivity index (χ1v) is 11.1. The number of para-hydroxylation sites is 1. The fourth-order valence-corrected chi connectivity index (χ4v) is 4.81. The molecule has 0 radical (unpaired) electrons. The minimum atomic E-state index is -0.376. The van der Waals surface area contributed by atoms with Crippen molar-refractivity contribution >= 4 is 0 Å². The smallest absolute Gasteiger partial charge is 0.133 e. The highest BCUT2D eigenvalue weighted by molar-refractivity contribution is 5.51. The van der Waals surface area contributed by atoms with Crippen LogP contribution in [0, 0.1) is 19.7 Å². The standard InChI is InChI=1S/C27H27FO4/c1-16-4-3-5-17(2)27(16)32-23-11-9-22(28)26-21(23)8-10-24(26)31-19-6-7-20-18(12-13-29)15-30-25(20)14-19/h3-7,9,11,14,18,24,29H,8,10,12-13,15H2,1-2H3. The summed E-state index contributed by atoms with van der Waals surface area (Å²) in [4.78, 5) is 0. The molecule has 32 heavy (non-hydrogen) atoms. The predicted molar refractivity (Wildman–Crippen MR) is 120 cm³/mol. The number of aliphatic hydroxyl groups is 1. The third-order valence-corrected chi connectivity index (χ3v) is 6.48. The summed E-state index contributed by atoms with van der Waals surface area (Å²) in [6.45, 7) is 4.73. The Kier molecular flexibility index (Phi) is 5.51.